The van der Waals surface area contributed by atoms with E-state index in [1.165, 1.54) is 6.07 Å². The van der Waals surface area contributed by atoms with Crippen LogP contribution in [0.4, 0.5) is 4.39 Å². The molecule has 2 unspecified atom stereocenters. The Morgan fingerprint density at radius 2 is 1.90 bits per heavy atom. The Morgan fingerprint density at radius 3 is 2.57 bits per heavy atom. The van der Waals surface area contributed by atoms with Gasteiger partial charge in [-0.25, -0.2) is 4.39 Å². The third-order valence-corrected chi connectivity index (χ3v) is 4.10. The lowest BCUT2D eigenvalue weighted by atomic mass is 9.87. The van der Waals surface area contributed by atoms with Crippen molar-refractivity contribution in [2.45, 2.75) is 18.9 Å². The first-order valence-electron chi connectivity index (χ1n) is 6.53. The second kappa shape index (κ2) is 6.75. The fourth-order valence-corrected chi connectivity index (χ4v) is 2.74. The van der Waals surface area contributed by atoms with Gasteiger partial charge in [0.25, 0.3) is 0 Å². The van der Waals surface area contributed by atoms with Crippen LogP contribution in [-0.2, 0) is 0 Å². The van der Waals surface area contributed by atoms with E-state index >= 15 is 0 Å². The number of benzene rings is 2. The zero-order chi connectivity index (χ0) is 15.6. The zero-order valence-electron chi connectivity index (χ0n) is 11.5. The Bertz CT molecular complexity index is 648. The summed E-state index contributed by atoms with van der Waals surface area (Å²) in [4.78, 5) is 0. The van der Waals surface area contributed by atoms with Gasteiger partial charge >= 0.3 is 0 Å². The van der Waals surface area contributed by atoms with Crippen molar-refractivity contribution < 1.29 is 9.50 Å². The van der Waals surface area contributed by atoms with Crippen molar-refractivity contribution in [3.63, 3.8) is 0 Å². The summed E-state index contributed by atoms with van der Waals surface area (Å²) in [6.07, 6.45) is -0.957. The molecule has 0 fully saturated rings. The van der Waals surface area contributed by atoms with Crippen molar-refractivity contribution in [1.29, 1.82) is 0 Å². The van der Waals surface area contributed by atoms with Gasteiger partial charge in [0.15, 0.2) is 0 Å². The molecule has 0 aliphatic rings. The van der Waals surface area contributed by atoms with Crippen molar-refractivity contribution in [3.8, 4) is 0 Å². The maximum absolute atomic E-state index is 14.2. The molecule has 0 heterocycles. The van der Waals surface area contributed by atoms with Crippen molar-refractivity contribution >= 4 is 23.2 Å². The number of aliphatic hydroxyl groups is 1. The van der Waals surface area contributed by atoms with Crippen LogP contribution in [0.1, 0.15) is 28.7 Å². The summed E-state index contributed by atoms with van der Waals surface area (Å²) >= 11 is 11.8. The maximum Gasteiger partial charge on any atom is 0.145 e. The molecule has 2 nitrogen and oxygen atoms in total. The van der Waals surface area contributed by atoms with E-state index in [1.54, 1.807) is 24.3 Å². The monoisotopic (exact) mass is 327 g/mol. The highest BCUT2D eigenvalue weighted by molar-refractivity contribution is 6.31. The van der Waals surface area contributed by atoms with Crippen LogP contribution in [0, 0.1) is 12.7 Å². The largest absolute Gasteiger partial charge is 0.388 e. The second-order valence-electron chi connectivity index (χ2n) is 4.93. The molecule has 0 aliphatic heterocycles. The SMILES string of the molecule is Cc1ccc(Cl)cc1C(O)C(CN)c1cccc(Cl)c1F. The highest BCUT2D eigenvalue weighted by Crippen LogP contribution is 2.35. The number of aryl methyl sites for hydroxylation is 1. The Labute approximate surface area is 133 Å². The molecular formula is C16H16Cl2FNO. The number of aliphatic hydroxyl groups excluding tert-OH is 1. The lowest BCUT2D eigenvalue weighted by Gasteiger charge is -2.24. The maximum atomic E-state index is 14.2. The minimum absolute atomic E-state index is 0.0148. The third kappa shape index (κ3) is 3.38. The van der Waals surface area contributed by atoms with Crippen LogP contribution in [0.2, 0.25) is 10.0 Å². The van der Waals surface area contributed by atoms with Crippen LogP contribution in [0.15, 0.2) is 36.4 Å². The number of rotatable bonds is 4. The van der Waals surface area contributed by atoms with Crippen molar-refractivity contribution in [3.05, 3.63) is 69.0 Å². The lowest BCUT2D eigenvalue weighted by Crippen LogP contribution is -2.22. The van der Waals surface area contributed by atoms with E-state index in [9.17, 15) is 9.50 Å². The van der Waals surface area contributed by atoms with Crippen molar-refractivity contribution in [2.24, 2.45) is 5.73 Å². The van der Waals surface area contributed by atoms with E-state index in [0.29, 0.717) is 16.1 Å². The fourth-order valence-electron chi connectivity index (χ4n) is 2.38. The molecule has 2 rings (SSSR count). The fraction of sp³-hybridized carbons (Fsp3) is 0.250. The van der Waals surface area contributed by atoms with Crippen LogP contribution in [0.25, 0.3) is 0 Å². The van der Waals surface area contributed by atoms with E-state index in [0.717, 1.165) is 5.56 Å². The Morgan fingerprint density at radius 1 is 1.19 bits per heavy atom. The summed E-state index contributed by atoms with van der Waals surface area (Å²) in [5.41, 5.74) is 7.55. The highest BCUT2D eigenvalue weighted by Gasteiger charge is 2.26. The predicted molar refractivity (Wildman–Crippen MR) is 84.4 cm³/mol. The number of halogens is 3. The normalized spacial score (nSPS) is 14.0. The molecule has 2 atom stereocenters. The number of nitrogens with two attached hydrogens (primary N) is 1. The minimum Gasteiger partial charge on any atom is -0.388 e. The van der Waals surface area contributed by atoms with Gasteiger partial charge in [-0.2, -0.15) is 0 Å². The van der Waals surface area contributed by atoms with Crippen molar-refractivity contribution in [2.75, 3.05) is 6.54 Å². The van der Waals surface area contributed by atoms with E-state index in [2.05, 4.69) is 0 Å². The van der Waals surface area contributed by atoms with Gasteiger partial charge in [0, 0.05) is 17.5 Å². The summed E-state index contributed by atoms with van der Waals surface area (Å²) in [5, 5.41) is 11.1. The average molecular weight is 328 g/mol. The van der Waals surface area contributed by atoms with Crippen LogP contribution in [0.3, 0.4) is 0 Å². The molecule has 21 heavy (non-hydrogen) atoms. The molecule has 5 heteroatoms. The second-order valence-corrected chi connectivity index (χ2v) is 5.77. The summed E-state index contributed by atoms with van der Waals surface area (Å²) < 4.78 is 14.2. The first kappa shape index (κ1) is 16.2. The quantitative estimate of drug-likeness (QED) is 0.883. The summed E-state index contributed by atoms with van der Waals surface area (Å²) in [7, 11) is 0. The number of hydrogen-bond acceptors (Lipinski definition) is 2. The minimum atomic E-state index is -0.957. The molecule has 0 bridgehead atoms. The molecule has 112 valence electrons. The van der Waals surface area contributed by atoms with E-state index < -0.39 is 17.8 Å². The number of hydrogen-bond donors (Lipinski definition) is 2. The highest BCUT2D eigenvalue weighted by atomic mass is 35.5. The van der Waals surface area contributed by atoms with E-state index in [4.69, 9.17) is 28.9 Å². The van der Waals surface area contributed by atoms with E-state index in [1.807, 2.05) is 13.0 Å². The molecule has 0 aromatic heterocycles. The molecule has 2 aromatic rings. The standard InChI is InChI=1S/C16H16Cl2FNO/c1-9-5-6-10(17)7-12(9)16(21)13(8-20)11-3-2-4-14(18)15(11)19/h2-7,13,16,21H,8,20H2,1H3. The Balaban J connectivity index is 2.45. The van der Waals surface area contributed by atoms with Crippen LogP contribution < -0.4 is 5.73 Å². The van der Waals surface area contributed by atoms with Gasteiger partial charge in [-0.3, -0.25) is 0 Å². The molecule has 0 amide bonds. The smallest absolute Gasteiger partial charge is 0.145 e. The predicted octanol–water partition coefficient (Wildman–Crippen LogP) is 4.22. The molecule has 0 radical (unpaired) electrons. The summed E-state index contributed by atoms with van der Waals surface area (Å²) in [5.74, 6) is -1.14. The van der Waals surface area contributed by atoms with Gasteiger partial charge in [0.1, 0.15) is 5.82 Å². The van der Waals surface area contributed by atoms with Crippen LogP contribution in [0.5, 0.6) is 0 Å². The van der Waals surface area contributed by atoms with Crippen molar-refractivity contribution in [1.82, 2.24) is 0 Å². The zero-order valence-corrected chi connectivity index (χ0v) is 13.0. The molecular weight excluding hydrogens is 312 g/mol. The molecule has 0 aliphatic carbocycles. The van der Waals surface area contributed by atoms with Crippen LogP contribution in [-0.4, -0.2) is 11.7 Å². The van der Waals surface area contributed by atoms with Gasteiger partial charge in [-0.15, -0.1) is 0 Å². The third-order valence-electron chi connectivity index (χ3n) is 3.58. The van der Waals surface area contributed by atoms with Gasteiger partial charge in [0.05, 0.1) is 11.1 Å². The molecule has 2 aromatic carbocycles. The van der Waals surface area contributed by atoms with Gasteiger partial charge in [-0.1, -0.05) is 41.4 Å². The Kier molecular flexibility index (Phi) is 5.22. The lowest BCUT2D eigenvalue weighted by molar-refractivity contribution is 0.145. The first-order valence-corrected chi connectivity index (χ1v) is 7.29. The Hall–Kier alpha value is -1.13. The van der Waals surface area contributed by atoms with Crippen LogP contribution >= 0.6 is 23.2 Å². The first-order chi connectivity index (χ1) is 9.95. The molecule has 0 spiro atoms. The average Bonchev–Trinajstić information content (AvgIpc) is 2.46. The van der Waals surface area contributed by atoms with Gasteiger partial charge in [-0.05, 0) is 41.8 Å². The topological polar surface area (TPSA) is 46.2 Å². The summed E-state index contributed by atoms with van der Waals surface area (Å²) in [6.45, 7) is 1.95. The van der Waals surface area contributed by atoms with Gasteiger partial charge in [0.2, 0.25) is 0 Å². The molecule has 0 saturated heterocycles. The van der Waals surface area contributed by atoms with E-state index in [-0.39, 0.29) is 11.6 Å². The van der Waals surface area contributed by atoms with Gasteiger partial charge < -0.3 is 10.8 Å². The molecule has 0 saturated carbocycles. The molecule has 3 N–H and O–H groups in total. The summed E-state index contributed by atoms with van der Waals surface area (Å²) in [6, 6.07) is 9.91.